The van der Waals surface area contributed by atoms with Gasteiger partial charge in [0.15, 0.2) is 5.76 Å². The van der Waals surface area contributed by atoms with Crippen molar-refractivity contribution in [1.29, 1.82) is 0 Å². The number of amides is 1. The molecule has 0 aromatic carbocycles. The molecule has 1 atom stereocenters. The molecule has 0 saturated heterocycles. The number of hydrogen-bond donors (Lipinski definition) is 2. The summed E-state index contributed by atoms with van der Waals surface area (Å²) in [5.74, 6) is -1.30. The largest absolute Gasteiger partial charge is 0.480 e. The van der Waals surface area contributed by atoms with Crippen molar-refractivity contribution in [3.8, 4) is 0 Å². The Hall–Kier alpha value is -1.78. The van der Waals surface area contributed by atoms with Crippen molar-refractivity contribution < 1.29 is 19.1 Å². The van der Waals surface area contributed by atoms with Gasteiger partial charge in [-0.1, -0.05) is 26.2 Å². The molecular formula is C13H19NO4. The molecule has 0 aliphatic heterocycles. The molecule has 5 nitrogen and oxygen atoms in total. The van der Waals surface area contributed by atoms with Crippen LogP contribution in [0.4, 0.5) is 0 Å². The van der Waals surface area contributed by atoms with E-state index >= 15 is 0 Å². The van der Waals surface area contributed by atoms with E-state index < -0.39 is 17.9 Å². The molecule has 18 heavy (non-hydrogen) atoms. The highest BCUT2D eigenvalue weighted by Crippen LogP contribution is 2.10. The van der Waals surface area contributed by atoms with Crippen LogP contribution in [-0.2, 0) is 4.79 Å². The monoisotopic (exact) mass is 253 g/mol. The third-order valence-electron chi connectivity index (χ3n) is 2.77. The number of carbonyl (C=O) groups is 2. The third-order valence-corrected chi connectivity index (χ3v) is 2.77. The Morgan fingerprint density at radius 1 is 1.44 bits per heavy atom. The van der Waals surface area contributed by atoms with E-state index in [-0.39, 0.29) is 5.76 Å². The van der Waals surface area contributed by atoms with Crippen molar-refractivity contribution in [1.82, 2.24) is 5.32 Å². The molecule has 0 fully saturated rings. The molecule has 0 saturated carbocycles. The fourth-order valence-electron chi connectivity index (χ4n) is 1.68. The summed E-state index contributed by atoms with van der Waals surface area (Å²) in [6, 6.07) is 0.815. The first kappa shape index (κ1) is 14.3. The highest BCUT2D eigenvalue weighted by atomic mass is 16.4. The van der Waals surface area contributed by atoms with Crippen LogP contribution in [0.25, 0.3) is 0 Å². The zero-order valence-electron chi connectivity index (χ0n) is 10.7. The van der Waals surface area contributed by atoms with Crippen molar-refractivity contribution in [3.05, 3.63) is 23.7 Å². The number of carboxylic acids is 1. The molecule has 0 spiro atoms. The molecule has 1 amide bonds. The van der Waals surface area contributed by atoms with Crippen LogP contribution in [-0.4, -0.2) is 23.0 Å². The highest BCUT2D eigenvalue weighted by Gasteiger charge is 2.22. The Morgan fingerprint density at radius 2 is 2.17 bits per heavy atom. The average molecular weight is 253 g/mol. The Labute approximate surface area is 106 Å². The van der Waals surface area contributed by atoms with E-state index in [9.17, 15) is 9.59 Å². The summed E-state index contributed by atoms with van der Waals surface area (Å²) < 4.78 is 5.03. The third kappa shape index (κ3) is 3.91. The first-order valence-corrected chi connectivity index (χ1v) is 6.14. The molecular weight excluding hydrogens is 234 g/mol. The quantitative estimate of drug-likeness (QED) is 0.731. The lowest BCUT2D eigenvalue weighted by Gasteiger charge is -2.13. The molecule has 2 N–H and O–H groups in total. The first-order valence-electron chi connectivity index (χ1n) is 6.14. The van der Waals surface area contributed by atoms with Crippen molar-refractivity contribution in [3.63, 3.8) is 0 Å². The van der Waals surface area contributed by atoms with Gasteiger partial charge in [-0.3, -0.25) is 4.79 Å². The fourth-order valence-corrected chi connectivity index (χ4v) is 1.68. The normalized spacial score (nSPS) is 12.1. The minimum Gasteiger partial charge on any atom is -0.480 e. The maximum absolute atomic E-state index is 11.8. The van der Waals surface area contributed by atoms with Gasteiger partial charge in [-0.2, -0.15) is 0 Å². The SMILES string of the molecule is CCCCCC(NC(=O)c1occc1C)C(=O)O. The zero-order chi connectivity index (χ0) is 13.5. The number of aryl methyl sites for hydroxylation is 1. The number of furan rings is 1. The minimum atomic E-state index is -1.01. The fraction of sp³-hybridized carbons (Fsp3) is 0.538. The Bertz CT molecular complexity index is 411. The number of aliphatic carboxylic acids is 1. The molecule has 1 heterocycles. The lowest BCUT2D eigenvalue weighted by atomic mass is 10.1. The number of carbonyl (C=O) groups excluding carboxylic acids is 1. The van der Waals surface area contributed by atoms with Gasteiger partial charge in [0.2, 0.25) is 0 Å². The first-order chi connectivity index (χ1) is 8.56. The van der Waals surface area contributed by atoms with E-state index in [0.717, 1.165) is 19.3 Å². The maximum atomic E-state index is 11.8. The van der Waals surface area contributed by atoms with Gasteiger partial charge in [0.1, 0.15) is 6.04 Å². The Balaban J connectivity index is 2.58. The van der Waals surface area contributed by atoms with Crippen LogP contribution in [0.2, 0.25) is 0 Å². The molecule has 5 heteroatoms. The van der Waals surface area contributed by atoms with Gasteiger partial charge >= 0.3 is 5.97 Å². The van der Waals surface area contributed by atoms with E-state index in [1.54, 1.807) is 13.0 Å². The standard InChI is InChI=1S/C13H19NO4/c1-3-4-5-6-10(13(16)17)14-12(15)11-9(2)7-8-18-11/h7-8,10H,3-6H2,1-2H3,(H,14,15)(H,16,17). The maximum Gasteiger partial charge on any atom is 0.326 e. The predicted molar refractivity (Wildman–Crippen MR) is 66.5 cm³/mol. The van der Waals surface area contributed by atoms with Crippen molar-refractivity contribution in [2.75, 3.05) is 0 Å². The summed E-state index contributed by atoms with van der Waals surface area (Å²) >= 11 is 0. The summed E-state index contributed by atoms with van der Waals surface area (Å²) in [4.78, 5) is 22.8. The van der Waals surface area contributed by atoms with Crippen LogP contribution in [0.3, 0.4) is 0 Å². The van der Waals surface area contributed by atoms with Crippen LogP contribution in [0.5, 0.6) is 0 Å². The number of unbranched alkanes of at least 4 members (excludes halogenated alkanes) is 2. The molecule has 100 valence electrons. The van der Waals surface area contributed by atoms with Gasteiger partial charge in [-0.25, -0.2) is 4.79 Å². The van der Waals surface area contributed by atoms with Gasteiger partial charge in [-0.15, -0.1) is 0 Å². The zero-order valence-corrected chi connectivity index (χ0v) is 10.7. The van der Waals surface area contributed by atoms with E-state index in [4.69, 9.17) is 9.52 Å². The molecule has 0 aliphatic rings. The lowest BCUT2D eigenvalue weighted by molar-refractivity contribution is -0.139. The van der Waals surface area contributed by atoms with Crippen LogP contribution >= 0.6 is 0 Å². The van der Waals surface area contributed by atoms with Crippen LogP contribution in [0.15, 0.2) is 16.7 Å². The summed E-state index contributed by atoms with van der Waals surface area (Å²) in [5, 5.41) is 11.5. The topological polar surface area (TPSA) is 79.5 Å². The van der Waals surface area contributed by atoms with Gasteiger partial charge < -0.3 is 14.8 Å². The van der Waals surface area contributed by atoms with Crippen LogP contribution < -0.4 is 5.32 Å². The molecule has 0 radical (unpaired) electrons. The molecule has 1 rings (SSSR count). The van der Waals surface area contributed by atoms with Gasteiger partial charge in [0, 0.05) is 5.56 Å². The lowest BCUT2D eigenvalue weighted by Crippen LogP contribution is -2.40. The second kappa shape index (κ2) is 6.83. The van der Waals surface area contributed by atoms with Crippen LogP contribution in [0.1, 0.15) is 48.7 Å². The summed E-state index contributed by atoms with van der Waals surface area (Å²) in [7, 11) is 0. The Morgan fingerprint density at radius 3 is 2.67 bits per heavy atom. The van der Waals surface area contributed by atoms with Gasteiger partial charge in [0.05, 0.1) is 6.26 Å². The number of rotatable bonds is 7. The number of nitrogens with one attached hydrogen (secondary N) is 1. The van der Waals surface area contributed by atoms with Gasteiger partial charge in [-0.05, 0) is 19.4 Å². The second-order valence-electron chi connectivity index (χ2n) is 4.29. The minimum absolute atomic E-state index is 0.178. The molecule has 1 aromatic rings. The van der Waals surface area contributed by atoms with Crippen LogP contribution in [0, 0.1) is 6.92 Å². The molecule has 1 unspecified atom stereocenters. The molecule has 1 aromatic heterocycles. The van der Waals surface area contributed by atoms with Gasteiger partial charge in [0.25, 0.3) is 5.91 Å². The van der Waals surface area contributed by atoms with Crippen molar-refractivity contribution in [2.45, 2.75) is 45.6 Å². The molecule has 0 bridgehead atoms. The van der Waals surface area contributed by atoms with E-state index in [2.05, 4.69) is 5.32 Å². The van der Waals surface area contributed by atoms with Crippen molar-refractivity contribution >= 4 is 11.9 Å². The van der Waals surface area contributed by atoms with E-state index in [1.807, 2.05) is 6.92 Å². The molecule has 0 aliphatic carbocycles. The van der Waals surface area contributed by atoms with Crippen molar-refractivity contribution in [2.24, 2.45) is 0 Å². The summed E-state index contributed by atoms with van der Waals surface area (Å²) in [6.45, 7) is 3.78. The summed E-state index contributed by atoms with van der Waals surface area (Å²) in [5.41, 5.74) is 0.699. The number of hydrogen-bond acceptors (Lipinski definition) is 3. The Kier molecular flexibility index (Phi) is 5.42. The van der Waals surface area contributed by atoms with E-state index in [0.29, 0.717) is 12.0 Å². The smallest absolute Gasteiger partial charge is 0.326 e. The summed E-state index contributed by atoms with van der Waals surface area (Å²) in [6.07, 6.45) is 4.60. The second-order valence-corrected chi connectivity index (χ2v) is 4.29. The predicted octanol–water partition coefficient (Wildman–Crippen LogP) is 2.35. The average Bonchev–Trinajstić information content (AvgIpc) is 2.74. The number of carboxylic acid groups (broad SMARTS) is 1. The van der Waals surface area contributed by atoms with E-state index in [1.165, 1.54) is 6.26 Å². The highest BCUT2D eigenvalue weighted by molar-refractivity contribution is 5.95.